The van der Waals surface area contributed by atoms with Crippen molar-refractivity contribution >= 4 is 23.0 Å². The summed E-state index contributed by atoms with van der Waals surface area (Å²) in [6, 6.07) is 8.46. The van der Waals surface area contributed by atoms with Crippen LogP contribution < -0.4 is 5.73 Å². The third-order valence-electron chi connectivity index (χ3n) is 7.00. The summed E-state index contributed by atoms with van der Waals surface area (Å²) < 4.78 is 57.3. The second kappa shape index (κ2) is 10.7. The Kier molecular flexibility index (Phi) is 7.84. The highest BCUT2D eigenvalue weighted by Gasteiger charge is 2.42. The molecule has 1 fully saturated rings. The Morgan fingerprint density at radius 1 is 1.16 bits per heavy atom. The van der Waals surface area contributed by atoms with E-state index < -0.39 is 29.2 Å². The van der Waals surface area contributed by atoms with E-state index in [2.05, 4.69) is 4.90 Å². The Morgan fingerprint density at radius 2 is 1.84 bits per heavy atom. The van der Waals surface area contributed by atoms with Crippen LogP contribution in [0.25, 0.3) is 11.5 Å². The monoisotopic (exact) mass is 537 g/mol. The number of alkyl halides is 3. The highest BCUT2D eigenvalue weighted by atomic mass is 32.1. The van der Waals surface area contributed by atoms with Gasteiger partial charge in [0.05, 0.1) is 10.6 Å². The molecule has 1 aromatic carbocycles. The van der Waals surface area contributed by atoms with E-state index in [1.165, 1.54) is 24.3 Å². The maximum absolute atomic E-state index is 13.3. The zero-order valence-corrected chi connectivity index (χ0v) is 21.0. The summed E-state index contributed by atoms with van der Waals surface area (Å²) in [4.78, 5) is 31.1. The molecule has 1 aliphatic rings. The molecule has 1 saturated heterocycles. The number of thiophene rings is 1. The molecule has 37 heavy (non-hydrogen) atoms. The number of hydrogen-bond acceptors (Lipinski definition) is 6. The van der Waals surface area contributed by atoms with Crippen molar-refractivity contribution in [3.63, 3.8) is 0 Å². The number of likely N-dealkylation sites (tertiary alicyclic amines) is 1. The number of amides is 1. The predicted octanol–water partition coefficient (Wildman–Crippen LogP) is 5.38. The molecule has 3 heterocycles. The highest BCUT2D eigenvalue weighted by molar-refractivity contribution is 7.14. The topological polar surface area (TPSA) is 89.4 Å². The molecule has 2 aromatic heterocycles. The van der Waals surface area contributed by atoms with Gasteiger partial charge in [0.25, 0.3) is 5.78 Å². The number of nitrogens with two attached hydrogens (primary N) is 1. The van der Waals surface area contributed by atoms with Gasteiger partial charge in [0.2, 0.25) is 11.8 Å². The summed E-state index contributed by atoms with van der Waals surface area (Å²) in [7, 11) is 2.01. The summed E-state index contributed by atoms with van der Waals surface area (Å²) in [5, 5.41) is 0. The molecule has 2 N–H and O–H groups in total. The number of aryl methyl sites for hydroxylation is 1. The van der Waals surface area contributed by atoms with Crippen molar-refractivity contribution in [3.05, 3.63) is 63.9 Å². The molecule has 1 atom stereocenters. The first-order valence-corrected chi connectivity index (χ1v) is 12.7. The van der Waals surface area contributed by atoms with Crippen molar-refractivity contribution in [3.8, 4) is 11.5 Å². The molecule has 198 valence electrons. The summed E-state index contributed by atoms with van der Waals surface area (Å²) >= 11 is 0.783. The molecule has 1 amide bonds. The Hall–Kier alpha value is -3.05. The van der Waals surface area contributed by atoms with Crippen LogP contribution in [0.5, 0.6) is 0 Å². The number of nitrogens with zero attached hydrogens (tertiary/aromatic N) is 2. The standard InChI is InChI=1S/C26H27F4N3O3S/c1-33-12-10-25(11-13-33,21-15-36-24(32-21)16-2-5-18(27)6-3-16)14-17(23(31)35)4-7-19-8-9-20(37-19)22(34)26(28,29)30/h2-3,5-6,8-9,15,17H,4,7,10-14H2,1H3,(H2,31,35). The molecule has 0 spiro atoms. The quantitative estimate of drug-likeness (QED) is 0.293. The number of halogens is 4. The largest absolute Gasteiger partial charge is 0.455 e. The van der Waals surface area contributed by atoms with E-state index in [0.717, 1.165) is 24.4 Å². The number of carbonyl (C=O) groups is 2. The second-order valence-corrected chi connectivity index (χ2v) is 10.7. The van der Waals surface area contributed by atoms with Crippen LogP contribution in [0.1, 0.15) is 45.9 Å². The van der Waals surface area contributed by atoms with Gasteiger partial charge in [-0.25, -0.2) is 9.37 Å². The maximum Gasteiger partial charge on any atom is 0.455 e. The zero-order chi connectivity index (χ0) is 26.8. The van der Waals surface area contributed by atoms with Crippen molar-refractivity contribution in [1.82, 2.24) is 9.88 Å². The number of hydrogen-bond donors (Lipinski definition) is 1. The third-order valence-corrected chi connectivity index (χ3v) is 8.15. The first-order chi connectivity index (χ1) is 17.5. The van der Waals surface area contributed by atoms with Crippen molar-refractivity contribution < 1.29 is 31.6 Å². The molecule has 3 aromatic rings. The predicted molar refractivity (Wildman–Crippen MR) is 131 cm³/mol. The number of benzene rings is 1. The van der Waals surface area contributed by atoms with Gasteiger partial charge in [-0.2, -0.15) is 13.2 Å². The van der Waals surface area contributed by atoms with Gasteiger partial charge in [-0.15, -0.1) is 11.3 Å². The first-order valence-electron chi connectivity index (χ1n) is 11.9. The average molecular weight is 538 g/mol. The molecular formula is C26H27F4N3O3S. The Bertz CT molecular complexity index is 1240. The lowest BCUT2D eigenvalue weighted by atomic mass is 9.69. The number of rotatable bonds is 9. The molecule has 4 rings (SSSR count). The molecule has 1 aliphatic heterocycles. The van der Waals surface area contributed by atoms with Gasteiger partial charge >= 0.3 is 6.18 Å². The lowest BCUT2D eigenvalue weighted by molar-refractivity contribution is -0.122. The zero-order valence-electron chi connectivity index (χ0n) is 20.2. The van der Waals surface area contributed by atoms with Crippen LogP contribution in [0, 0.1) is 11.7 Å². The van der Waals surface area contributed by atoms with Crippen molar-refractivity contribution in [1.29, 1.82) is 0 Å². The fraction of sp³-hybridized carbons (Fsp3) is 0.423. The minimum absolute atomic E-state index is 0.318. The van der Waals surface area contributed by atoms with E-state index in [-0.39, 0.29) is 10.7 Å². The molecule has 0 aliphatic carbocycles. The van der Waals surface area contributed by atoms with Gasteiger partial charge in [0, 0.05) is 21.8 Å². The highest BCUT2D eigenvalue weighted by Crippen LogP contribution is 2.42. The average Bonchev–Trinajstić information content (AvgIpc) is 3.53. The SMILES string of the molecule is CN1CCC(CC(CCc2ccc(C(=O)C(F)(F)F)s2)C(N)=O)(c2coc(-c3ccc(F)cc3)n2)CC1. The van der Waals surface area contributed by atoms with E-state index in [0.29, 0.717) is 54.1 Å². The minimum Gasteiger partial charge on any atom is -0.444 e. The van der Waals surface area contributed by atoms with E-state index >= 15 is 0 Å². The van der Waals surface area contributed by atoms with E-state index in [1.54, 1.807) is 18.4 Å². The molecule has 0 bridgehead atoms. The van der Waals surface area contributed by atoms with E-state index in [1.807, 2.05) is 7.05 Å². The van der Waals surface area contributed by atoms with Gasteiger partial charge in [-0.05, 0) is 88.6 Å². The number of primary amides is 1. The molecular weight excluding hydrogens is 510 g/mol. The Morgan fingerprint density at radius 3 is 2.46 bits per heavy atom. The van der Waals surface area contributed by atoms with Crippen LogP contribution in [0.2, 0.25) is 0 Å². The second-order valence-electron chi connectivity index (χ2n) is 9.56. The fourth-order valence-electron chi connectivity index (χ4n) is 4.76. The Balaban J connectivity index is 1.53. The third kappa shape index (κ3) is 6.27. The first kappa shape index (κ1) is 27.0. The van der Waals surface area contributed by atoms with Crippen LogP contribution in [0.3, 0.4) is 0 Å². The van der Waals surface area contributed by atoms with E-state index in [9.17, 15) is 27.2 Å². The summed E-state index contributed by atoms with van der Waals surface area (Å²) in [6.07, 6.45) is -0.864. The maximum atomic E-state index is 13.3. The van der Waals surface area contributed by atoms with Gasteiger partial charge in [-0.1, -0.05) is 0 Å². The summed E-state index contributed by atoms with van der Waals surface area (Å²) in [6.45, 7) is 1.55. The van der Waals surface area contributed by atoms with Crippen LogP contribution in [0.15, 0.2) is 47.1 Å². The van der Waals surface area contributed by atoms with Crippen molar-refractivity contribution in [2.45, 2.75) is 43.7 Å². The minimum atomic E-state index is -4.93. The van der Waals surface area contributed by atoms with Crippen LogP contribution in [0.4, 0.5) is 17.6 Å². The van der Waals surface area contributed by atoms with Crippen molar-refractivity contribution in [2.75, 3.05) is 20.1 Å². The molecule has 0 saturated carbocycles. The summed E-state index contributed by atoms with van der Waals surface area (Å²) in [5.74, 6) is -2.94. The van der Waals surface area contributed by atoms with Gasteiger partial charge in [0.1, 0.15) is 12.1 Å². The lowest BCUT2D eigenvalue weighted by Crippen LogP contribution is -2.44. The summed E-state index contributed by atoms with van der Waals surface area (Å²) in [5.41, 5.74) is 6.61. The van der Waals surface area contributed by atoms with Gasteiger partial charge in [0.15, 0.2) is 0 Å². The number of oxazole rings is 1. The van der Waals surface area contributed by atoms with Crippen molar-refractivity contribution in [2.24, 2.45) is 11.7 Å². The lowest BCUT2D eigenvalue weighted by Gasteiger charge is -2.41. The van der Waals surface area contributed by atoms with Crippen LogP contribution in [-0.4, -0.2) is 47.9 Å². The Labute approximate surface area is 215 Å². The smallest absolute Gasteiger partial charge is 0.444 e. The molecule has 1 unspecified atom stereocenters. The number of ketones is 1. The fourth-order valence-corrected chi connectivity index (χ4v) is 5.74. The number of Topliss-reactive ketones (excluding diaryl/α,β-unsaturated/α-hetero) is 1. The number of piperidine rings is 1. The number of aromatic nitrogens is 1. The molecule has 6 nitrogen and oxygen atoms in total. The molecule has 11 heteroatoms. The van der Waals surface area contributed by atoms with Crippen LogP contribution in [-0.2, 0) is 16.6 Å². The van der Waals surface area contributed by atoms with E-state index in [4.69, 9.17) is 15.1 Å². The number of carbonyl (C=O) groups excluding carboxylic acids is 2. The van der Waals surface area contributed by atoms with Crippen LogP contribution >= 0.6 is 11.3 Å². The normalized spacial score (nSPS) is 17.0. The molecule has 0 radical (unpaired) electrons. The van der Waals surface area contributed by atoms with Gasteiger partial charge in [-0.3, -0.25) is 9.59 Å². The van der Waals surface area contributed by atoms with Gasteiger partial charge < -0.3 is 15.1 Å².